The van der Waals surface area contributed by atoms with E-state index in [0.717, 1.165) is 22.9 Å². The van der Waals surface area contributed by atoms with Gasteiger partial charge in [0.05, 0.1) is 24.4 Å². The maximum absolute atomic E-state index is 12.6. The number of benzene rings is 2. The van der Waals surface area contributed by atoms with Gasteiger partial charge in [0.1, 0.15) is 17.5 Å². The number of carbonyl (C=O) groups is 4. The van der Waals surface area contributed by atoms with E-state index in [1.807, 2.05) is 0 Å². The quantitative estimate of drug-likeness (QED) is 0.200. The first-order valence-electron chi connectivity index (χ1n) is 11.5. The van der Waals surface area contributed by atoms with Crippen LogP contribution in [0.2, 0.25) is 0 Å². The molecular formula is C26H27Cl2N5O6S. The Kier molecular flexibility index (Phi) is 12.2. The largest absolute Gasteiger partial charge is 0.467 e. The van der Waals surface area contributed by atoms with E-state index in [-0.39, 0.29) is 37.7 Å². The van der Waals surface area contributed by atoms with Crippen molar-refractivity contribution in [2.75, 3.05) is 7.11 Å². The van der Waals surface area contributed by atoms with Crippen molar-refractivity contribution in [1.29, 1.82) is 0 Å². The predicted octanol–water partition coefficient (Wildman–Crippen LogP) is 3.14. The van der Waals surface area contributed by atoms with Gasteiger partial charge in [0.2, 0.25) is 5.91 Å². The number of hydrogen-bond donors (Lipinski definition) is 4. The number of imide groups is 1. The Labute approximate surface area is 246 Å². The Hall–Kier alpha value is -3.84. The fraction of sp³-hybridized carbons (Fsp3) is 0.192. The van der Waals surface area contributed by atoms with Crippen LogP contribution in [0.1, 0.15) is 16.8 Å². The zero-order valence-electron chi connectivity index (χ0n) is 21.1. The Balaban J connectivity index is 0.00000280. The summed E-state index contributed by atoms with van der Waals surface area (Å²) >= 11 is 0.857. The minimum atomic E-state index is -0.913. The number of rotatable bonds is 10. The summed E-state index contributed by atoms with van der Waals surface area (Å²) < 4.78 is 10.7. The lowest BCUT2D eigenvalue weighted by molar-refractivity contribution is -0.145. The highest BCUT2D eigenvalue weighted by molar-refractivity contribution is 8.18. The molecule has 11 nitrogen and oxygen atoms in total. The number of aromatic nitrogens is 2. The molecule has 0 aliphatic carbocycles. The highest BCUT2D eigenvalue weighted by Crippen LogP contribution is 2.27. The average Bonchev–Trinajstić information content (AvgIpc) is 3.53. The van der Waals surface area contributed by atoms with Crippen LogP contribution in [-0.2, 0) is 32.0 Å². The number of amides is 3. The molecule has 4 rings (SSSR count). The number of esters is 1. The van der Waals surface area contributed by atoms with Crippen LogP contribution in [0.25, 0.3) is 6.08 Å². The number of halogens is 2. The van der Waals surface area contributed by atoms with Gasteiger partial charge in [0.15, 0.2) is 0 Å². The van der Waals surface area contributed by atoms with Crippen LogP contribution in [-0.4, -0.2) is 52.2 Å². The van der Waals surface area contributed by atoms with E-state index in [4.69, 9.17) is 15.2 Å². The van der Waals surface area contributed by atoms with Crippen LogP contribution >= 0.6 is 36.6 Å². The molecule has 3 amide bonds. The second-order valence-corrected chi connectivity index (χ2v) is 9.36. The highest BCUT2D eigenvalue weighted by Gasteiger charge is 2.26. The molecule has 5 N–H and O–H groups in total. The molecular weight excluding hydrogens is 581 g/mol. The van der Waals surface area contributed by atoms with E-state index in [2.05, 4.69) is 20.6 Å². The number of methoxy groups -OCH3 is 1. The maximum atomic E-state index is 12.6. The highest BCUT2D eigenvalue weighted by atomic mass is 35.5. The Morgan fingerprint density at radius 3 is 2.25 bits per heavy atom. The summed E-state index contributed by atoms with van der Waals surface area (Å²) in [6.45, 7) is 0. The first-order chi connectivity index (χ1) is 18.3. The monoisotopic (exact) mass is 607 g/mol. The maximum Gasteiger partial charge on any atom is 0.328 e. The number of thioether (sulfide) groups is 1. The van der Waals surface area contributed by atoms with Crippen LogP contribution in [0.15, 0.2) is 66.0 Å². The number of carbonyl (C=O) groups excluding carboxylic acids is 4. The second-order valence-electron chi connectivity index (χ2n) is 8.34. The fourth-order valence-corrected chi connectivity index (χ4v) is 4.29. The zero-order valence-corrected chi connectivity index (χ0v) is 23.6. The smallest absolute Gasteiger partial charge is 0.328 e. The minimum Gasteiger partial charge on any atom is -0.467 e. The van der Waals surface area contributed by atoms with Crippen LogP contribution < -0.4 is 21.1 Å². The van der Waals surface area contributed by atoms with Crippen LogP contribution in [0.5, 0.6) is 11.5 Å². The molecule has 2 unspecified atom stereocenters. The van der Waals surface area contributed by atoms with E-state index in [1.165, 1.54) is 13.4 Å². The standard InChI is InChI=1S/C26H25N5O6S.2ClH/c1-36-25(34)21(30-23(32)20(27)12-17-13-28-14-29-17)10-15-2-6-18(7-3-15)37-19-8-4-16(5-9-19)11-22-24(33)31-26(35)38-22;;/h2-9,11,13-14,20-21H,10,12,27H2,1H3,(H,28,29)(H,30,32)(H,31,33,35);2*1H. The summed E-state index contributed by atoms with van der Waals surface area (Å²) in [6.07, 6.45) is 5.16. The van der Waals surface area contributed by atoms with Crippen LogP contribution in [0.4, 0.5) is 4.79 Å². The van der Waals surface area contributed by atoms with Crippen molar-refractivity contribution in [2.45, 2.75) is 24.9 Å². The molecule has 1 fully saturated rings. The number of hydrogen-bond acceptors (Lipinski definition) is 9. The van der Waals surface area contributed by atoms with Crippen molar-refractivity contribution in [1.82, 2.24) is 20.6 Å². The van der Waals surface area contributed by atoms with Gasteiger partial charge < -0.3 is 25.5 Å². The molecule has 1 saturated heterocycles. The Bertz CT molecular complexity index is 1350. The summed E-state index contributed by atoms with van der Waals surface area (Å²) in [6, 6.07) is 12.3. The normalized spacial score (nSPS) is 14.8. The zero-order chi connectivity index (χ0) is 27.1. The van der Waals surface area contributed by atoms with Gasteiger partial charge in [-0.3, -0.25) is 19.7 Å². The predicted molar refractivity (Wildman–Crippen MR) is 154 cm³/mol. The number of nitrogens with zero attached hydrogens (tertiary/aromatic N) is 1. The molecule has 0 spiro atoms. The summed E-state index contributed by atoms with van der Waals surface area (Å²) in [5.74, 6) is -0.332. The molecule has 40 heavy (non-hydrogen) atoms. The SMILES string of the molecule is COC(=O)C(Cc1ccc(Oc2ccc(C=C3SC(=O)NC3=O)cc2)cc1)NC(=O)C(N)Cc1cnc[nH]1.Cl.Cl. The first-order valence-corrected chi connectivity index (χ1v) is 12.3. The molecule has 3 aromatic rings. The van der Waals surface area contributed by atoms with Gasteiger partial charge in [-0.25, -0.2) is 9.78 Å². The lowest BCUT2D eigenvalue weighted by Gasteiger charge is -2.19. The summed E-state index contributed by atoms with van der Waals surface area (Å²) in [5, 5.41) is 4.49. The van der Waals surface area contributed by atoms with Gasteiger partial charge in [0, 0.05) is 24.7 Å². The molecule has 2 atom stereocenters. The van der Waals surface area contributed by atoms with E-state index in [9.17, 15) is 19.2 Å². The average molecular weight is 609 g/mol. The topological polar surface area (TPSA) is 165 Å². The molecule has 0 bridgehead atoms. The number of ether oxygens (including phenoxy) is 2. The first kappa shape index (κ1) is 32.4. The van der Waals surface area contributed by atoms with Crippen molar-refractivity contribution in [3.05, 3.63) is 82.8 Å². The van der Waals surface area contributed by atoms with Crippen molar-refractivity contribution in [2.24, 2.45) is 5.73 Å². The van der Waals surface area contributed by atoms with Crippen molar-refractivity contribution >= 4 is 65.7 Å². The lowest BCUT2D eigenvalue weighted by Crippen LogP contribution is -2.50. The van der Waals surface area contributed by atoms with E-state index in [1.54, 1.807) is 60.8 Å². The van der Waals surface area contributed by atoms with Gasteiger partial charge in [-0.2, -0.15) is 0 Å². The van der Waals surface area contributed by atoms with Gasteiger partial charge in [0.25, 0.3) is 11.1 Å². The summed E-state index contributed by atoms with van der Waals surface area (Å²) in [4.78, 5) is 55.0. The van der Waals surface area contributed by atoms with E-state index in [0.29, 0.717) is 22.1 Å². The van der Waals surface area contributed by atoms with Gasteiger partial charge in [-0.1, -0.05) is 24.3 Å². The Morgan fingerprint density at radius 2 is 1.70 bits per heavy atom. The number of aromatic amines is 1. The number of imidazole rings is 1. The number of nitrogens with one attached hydrogen (secondary N) is 3. The molecule has 2 heterocycles. The molecule has 1 aliphatic heterocycles. The third kappa shape index (κ3) is 8.85. The third-order valence-corrected chi connectivity index (χ3v) is 6.36. The van der Waals surface area contributed by atoms with Crippen molar-refractivity contribution in [3.63, 3.8) is 0 Å². The summed E-state index contributed by atoms with van der Waals surface area (Å²) in [5.41, 5.74) is 8.22. The van der Waals surface area contributed by atoms with Gasteiger partial charge in [-0.05, 0) is 53.2 Å². The van der Waals surface area contributed by atoms with Gasteiger partial charge in [-0.15, -0.1) is 24.8 Å². The molecule has 212 valence electrons. The molecule has 1 aromatic heterocycles. The molecule has 14 heteroatoms. The number of H-pyrrole nitrogens is 1. The van der Waals surface area contributed by atoms with Crippen LogP contribution in [0, 0.1) is 0 Å². The van der Waals surface area contributed by atoms with Crippen molar-refractivity contribution < 1.29 is 28.7 Å². The molecule has 1 aliphatic rings. The molecule has 2 aromatic carbocycles. The summed E-state index contributed by atoms with van der Waals surface area (Å²) in [7, 11) is 1.26. The Morgan fingerprint density at radius 1 is 1.05 bits per heavy atom. The fourth-order valence-electron chi connectivity index (χ4n) is 3.61. The van der Waals surface area contributed by atoms with E-state index >= 15 is 0 Å². The third-order valence-electron chi connectivity index (χ3n) is 5.55. The van der Waals surface area contributed by atoms with Crippen LogP contribution in [0.3, 0.4) is 0 Å². The van der Waals surface area contributed by atoms with Crippen molar-refractivity contribution in [3.8, 4) is 11.5 Å². The lowest BCUT2D eigenvalue weighted by atomic mass is 10.0. The second kappa shape index (κ2) is 15.1. The van der Waals surface area contributed by atoms with E-state index < -0.39 is 35.1 Å². The molecule has 0 saturated carbocycles. The minimum absolute atomic E-state index is 0. The van der Waals surface area contributed by atoms with Gasteiger partial charge >= 0.3 is 5.97 Å². The molecule has 0 radical (unpaired) electrons. The number of nitrogens with two attached hydrogens (primary N) is 1.